The number of rotatable bonds is 4. The molecule has 3 heterocycles. The Labute approximate surface area is 193 Å². The lowest BCUT2D eigenvalue weighted by molar-refractivity contribution is 0.521. The van der Waals surface area contributed by atoms with Gasteiger partial charge in [-0.2, -0.15) is 5.26 Å². The Kier molecular flexibility index (Phi) is 5.83. The number of benzene rings is 2. The second-order valence-electron chi connectivity index (χ2n) is 8.25. The zero-order chi connectivity index (χ0) is 21.9. The molecule has 0 unspecified atom stereocenters. The number of hydrogen-bond donors (Lipinski definition) is 0. The Morgan fingerprint density at radius 1 is 1.03 bits per heavy atom. The van der Waals surface area contributed by atoms with E-state index in [2.05, 4.69) is 86.6 Å². The van der Waals surface area contributed by atoms with Crippen LogP contribution in [0.2, 0.25) is 0 Å². The van der Waals surface area contributed by atoms with Crippen LogP contribution in [0.4, 0.5) is 0 Å². The van der Waals surface area contributed by atoms with Crippen molar-refractivity contribution in [3.05, 3.63) is 93.4 Å². The minimum atomic E-state index is 0.602. The quantitative estimate of drug-likeness (QED) is 0.484. The van der Waals surface area contributed by atoms with Crippen LogP contribution in [0, 0.1) is 18.3 Å². The molecule has 2 aliphatic heterocycles. The molecule has 0 aliphatic carbocycles. The van der Waals surface area contributed by atoms with Crippen LogP contribution < -0.4 is 0 Å². The molecule has 32 heavy (non-hydrogen) atoms. The average Bonchev–Trinajstić information content (AvgIpc) is 3.32. The fraction of sp³-hybridized carbons (Fsp3) is 0.269. The molecule has 0 bridgehead atoms. The molecule has 3 aromatic rings. The highest BCUT2D eigenvalue weighted by Crippen LogP contribution is 2.44. The highest BCUT2D eigenvalue weighted by atomic mass is 32.2. The lowest BCUT2D eigenvalue weighted by atomic mass is 10.1. The van der Waals surface area contributed by atoms with Crippen molar-refractivity contribution in [3.8, 4) is 6.07 Å². The van der Waals surface area contributed by atoms with Crippen LogP contribution in [-0.2, 0) is 19.5 Å². The highest BCUT2D eigenvalue weighted by Gasteiger charge is 2.29. The normalized spacial score (nSPS) is 17.4. The van der Waals surface area contributed by atoms with E-state index in [1.54, 1.807) is 11.8 Å². The monoisotopic (exact) mass is 439 g/mol. The predicted octanol–water partition coefficient (Wildman–Crippen LogP) is 5.75. The molecule has 1 aromatic heterocycles. The third-order valence-electron chi connectivity index (χ3n) is 6.01. The maximum absolute atomic E-state index is 10.3. The van der Waals surface area contributed by atoms with Crippen LogP contribution in [0.3, 0.4) is 0 Å². The summed E-state index contributed by atoms with van der Waals surface area (Å²) < 4.78 is 2.16. The van der Waals surface area contributed by atoms with E-state index in [1.165, 1.54) is 17.5 Å². The first kappa shape index (κ1) is 20.6. The SMILES string of the molecule is Cc1ccc(C2=CS/C(=C(/C#N)c3nnc4n3CCCCC4)N2Cc2ccccc2)cc1. The Balaban J connectivity index is 1.60. The van der Waals surface area contributed by atoms with E-state index in [0.29, 0.717) is 17.9 Å². The first-order chi connectivity index (χ1) is 15.7. The molecule has 5 nitrogen and oxygen atoms in total. The Bertz CT molecular complexity index is 1220. The van der Waals surface area contributed by atoms with E-state index < -0.39 is 0 Å². The number of aryl methyl sites for hydroxylation is 2. The average molecular weight is 440 g/mol. The van der Waals surface area contributed by atoms with E-state index in [1.807, 2.05) is 6.07 Å². The van der Waals surface area contributed by atoms with Gasteiger partial charge in [-0.25, -0.2) is 0 Å². The number of thioether (sulfide) groups is 1. The first-order valence-electron chi connectivity index (χ1n) is 11.1. The Morgan fingerprint density at radius 3 is 2.62 bits per heavy atom. The standard InChI is InChI=1S/C26H25N5S/c1-19-11-13-21(14-12-19)23-18-32-26(31(23)17-20-8-4-2-5-9-20)22(16-27)25-29-28-24-10-6-3-7-15-30(24)25/h2,4-5,8-9,11-14,18H,3,6-7,10,15,17H2,1H3/b26-22-. The van der Waals surface area contributed by atoms with Gasteiger partial charge < -0.3 is 9.47 Å². The van der Waals surface area contributed by atoms with Gasteiger partial charge in [-0.1, -0.05) is 78.3 Å². The molecule has 2 aliphatic rings. The summed E-state index contributed by atoms with van der Waals surface area (Å²) >= 11 is 1.60. The van der Waals surface area contributed by atoms with Gasteiger partial charge >= 0.3 is 0 Å². The summed E-state index contributed by atoms with van der Waals surface area (Å²) in [5.74, 6) is 1.69. The Hall–Kier alpha value is -3.30. The Morgan fingerprint density at radius 2 is 1.84 bits per heavy atom. The summed E-state index contributed by atoms with van der Waals surface area (Å²) in [5, 5.41) is 22.2. The van der Waals surface area contributed by atoms with Crippen LogP contribution in [0.1, 0.15) is 47.6 Å². The van der Waals surface area contributed by atoms with Crippen molar-refractivity contribution in [3.63, 3.8) is 0 Å². The summed E-state index contributed by atoms with van der Waals surface area (Å²) in [6, 6.07) is 21.4. The molecule has 0 atom stereocenters. The fourth-order valence-corrected chi connectivity index (χ4v) is 5.31. The zero-order valence-corrected chi connectivity index (χ0v) is 19.0. The zero-order valence-electron chi connectivity index (χ0n) is 18.2. The predicted molar refractivity (Wildman–Crippen MR) is 129 cm³/mol. The van der Waals surface area contributed by atoms with Gasteiger partial charge in [0.1, 0.15) is 22.5 Å². The number of aromatic nitrogens is 3. The van der Waals surface area contributed by atoms with E-state index in [0.717, 1.165) is 47.9 Å². The van der Waals surface area contributed by atoms with Crippen molar-refractivity contribution < 1.29 is 0 Å². The van der Waals surface area contributed by atoms with Gasteiger partial charge in [-0.15, -0.1) is 10.2 Å². The molecule has 6 heteroatoms. The lowest BCUT2D eigenvalue weighted by Crippen LogP contribution is -2.18. The molecule has 0 saturated heterocycles. The molecular formula is C26H25N5S. The number of nitrogens with zero attached hydrogens (tertiary/aromatic N) is 5. The molecular weight excluding hydrogens is 414 g/mol. The van der Waals surface area contributed by atoms with Crippen molar-refractivity contribution in [1.82, 2.24) is 19.7 Å². The fourth-order valence-electron chi connectivity index (χ4n) is 4.28. The van der Waals surface area contributed by atoms with Crippen LogP contribution in [-0.4, -0.2) is 19.7 Å². The lowest BCUT2D eigenvalue weighted by Gasteiger charge is -2.25. The number of hydrogen-bond acceptors (Lipinski definition) is 5. The maximum Gasteiger partial charge on any atom is 0.177 e. The molecule has 0 fully saturated rings. The maximum atomic E-state index is 10.3. The van der Waals surface area contributed by atoms with Crippen molar-refractivity contribution in [2.75, 3.05) is 0 Å². The van der Waals surface area contributed by atoms with E-state index in [-0.39, 0.29) is 0 Å². The van der Waals surface area contributed by atoms with E-state index in [4.69, 9.17) is 0 Å². The van der Waals surface area contributed by atoms with Gasteiger partial charge in [0.2, 0.25) is 0 Å². The van der Waals surface area contributed by atoms with E-state index >= 15 is 0 Å². The van der Waals surface area contributed by atoms with Crippen LogP contribution in [0.15, 0.2) is 65.0 Å². The van der Waals surface area contributed by atoms with Gasteiger partial charge in [-0.3, -0.25) is 0 Å². The summed E-state index contributed by atoms with van der Waals surface area (Å²) in [5.41, 5.74) is 5.28. The number of nitriles is 1. The first-order valence-corrected chi connectivity index (χ1v) is 11.9. The van der Waals surface area contributed by atoms with Gasteiger partial charge in [0.25, 0.3) is 0 Å². The van der Waals surface area contributed by atoms with E-state index in [9.17, 15) is 5.26 Å². The molecule has 5 rings (SSSR count). The molecule has 0 spiro atoms. The second-order valence-corrected chi connectivity index (χ2v) is 9.11. The third-order valence-corrected chi connectivity index (χ3v) is 7.00. The third kappa shape index (κ3) is 3.96. The van der Waals surface area contributed by atoms with Crippen molar-refractivity contribution >= 4 is 23.0 Å². The van der Waals surface area contributed by atoms with Crippen molar-refractivity contribution in [1.29, 1.82) is 5.26 Å². The highest BCUT2D eigenvalue weighted by molar-refractivity contribution is 8.06. The molecule has 160 valence electrons. The van der Waals surface area contributed by atoms with Gasteiger partial charge in [-0.05, 0) is 30.9 Å². The number of fused-ring (bicyclic) bond motifs is 1. The van der Waals surface area contributed by atoms with Gasteiger partial charge in [0, 0.05) is 24.9 Å². The topological polar surface area (TPSA) is 57.7 Å². The molecule has 0 amide bonds. The van der Waals surface area contributed by atoms with Crippen LogP contribution in [0.5, 0.6) is 0 Å². The summed E-state index contributed by atoms with van der Waals surface area (Å²) in [4.78, 5) is 2.25. The molecule has 0 N–H and O–H groups in total. The van der Waals surface area contributed by atoms with Crippen LogP contribution >= 0.6 is 11.8 Å². The van der Waals surface area contributed by atoms with Crippen molar-refractivity contribution in [2.45, 2.75) is 45.7 Å². The second kappa shape index (κ2) is 9.05. The minimum absolute atomic E-state index is 0.602. The summed E-state index contributed by atoms with van der Waals surface area (Å²) in [6.07, 6.45) is 4.34. The largest absolute Gasteiger partial charge is 0.329 e. The smallest absolute Gasteiger partial charge is 0.177 e. The molecule has 2 aromatic carbocycles. The molecule has 0 radical (unpaired) electrons. The van der Waals surface area contributed by atoms with Gasteiger partial charge in [0.15, 0.2) is 5.82 Å². The van der Waals surface area contributed by atoms with Gasteiger partial charge in [0.05, 0.1) is 5.70 Å². The molecule has 0 saturated carbocycles. The summed E-state index contributed by atoms with van der Waals surface area (Å²) in [6.45, 7) is 3.66. The summed E-state index contributed by atoms with van der Waals surface area (Å²) in [7, 11) is 0. The number of allylic oxidation sites excluding steroid dienone is 1. The van der Waals surface area contributed by atoms with Crippen molar-refractivity contribution in [2.24, 2.45) is 0 Å². The minimum Gasteiger partial charge on any atom is -0.329 e. The van der Waals surface area contributed by atoms with Crippen LogP contribution in [0.25, 0.3) is 11.3 Å².